The van der Waals surface area contributed by atoms with Gasteiger partial charge in [0.2, 0.25) is 11.2 Å². The van der Waals surface area contributed by atoms with E-state index in [4.69, 9.17) is 4.42 Å². The zero-order valence-electron chi connectivity index (χ0n) is 13.7. The first-order valence-corrected chi connectivity index (χ1v) is 8.43. The molecule has 0 radical (unpaired) electrons. The van der Waals surface area contributed by atoms with E-state index < -0.39 is 11.2 Å². The van der Waals surface area contributed by atoms with Crippen LogP contribution in [0.5, 0.6) is 5.75 Å². The summed E-state index contributed by atoms with van der Waals surface area (Å²) in [6.45, 7) is 2.11. The third kappa shape index (κ3) is 2.89. The van der Waals surface area contributed by atoms with E-state index in [1.54, 1.807) is 12.1 Å². The number of piperidine rings is 1. The van der Waals surface area contributed by atoms with Crippen molar-refractivity contribution in [2.45, 2.75) is 32.0 Å². The van der Waals surface area contributed by atoms with Crippen molar-refractivity contribution in [3.05, 3.63) is 62.1 Å². The number of pyridine rings is 1. The second-order valence-corrected chi connectivity index (χ2v) is 6.90. The maximum atomic E-state index is 12.1. The number of aliphatic hydroxyl groups excluding tert-OH is 1. The SMILES string of the molecule is O=c1cc(CO)oc(CN2C[C@@H]3C[C@@H](C2)c2cccc(=O)n2C3)c1O. The van der Waals surface area contributed by atoms with Gasteiger partial charge < -0.3 is 19.2 Å². The number of likely N-dealkylation sites (tertiary alicyclic amines) is 1. The van der Waals surface area contributed by atoms with Gasteiger partial charge in [-0.05, 0) is 18.4 Å². The molecule has 2 N–H and O–H groups in total. The zero-order valence-corrected chi connectivity index (χ0v) is 13.7. The predicted molar refractivity (Wildman–Crippen MR) is 89.4 cm³/mol. The summed E-state index contributed by atoms with van der Waals surface area (Å²) >= 11 is 0. The predicted octanol–water partition coefficient (Wildman–Crippen LogP) is 0.619. The molecule has 0 amide bonds. The third-order valence-electron chi connectivity index (χ3n) is 5.12. The molecule has 0 aromatic carbocycles. The van der Waals surface area contributed by atoms with E-state index in [-0.39, 0.29) is 29.6 Å². The van der Waals surface area contributed by atoms with Crippen molar-refractivity contribution in [1.82, 2.24) is 9.47 Å². The van der Waals surface area contributed by atoms with Gasteiger partial charge in [-0.15, -0.1) is 0 Å². The van der Waals surface area contributed by atoms with Crippen LogP contribution in [0.1, 0.15) is 29.6 Å². The summed E-state index contributed by atoms with van der Waals surface area (Å²) < 4.78 is 7.32. The van der Waals surface area contributed by atoms with Crippen molar-refractivity contribution in [2.24, 2.45) is 5.92 Å². The van der Waals surface area contributed by atoms with Gasteiger partial charge in [0.05, 0.1) is 6.54 Å². The molecule has 2 aromatic rings. The summed E-state index contributed by atoms with van der Waals surface area (Å²) in [7, 11) is 0. The molecule has 0 spiro atoms. The summed E-state index contributed by atoms with van der Waals surface area (Å²) in [5.74, 6) is 0.524. The maximum Gasteiger partial charge on any atom is 0.250 e. The molecule has 2 aromatic heterocycles. The van der Waals surface area contributed by atoms with Crippen LogP contribution in [0.3, 0.4) is 0 Å². The Morgan fingerprint density at radius 3 is 2.84 bits per heavy atom. The van der Waals surface area contributed by atoms with Gasteiger partial charge in [0.15, 0.2) is 5.76 Å². The number of rotatable bonds is 3. The van der Waals surface area contributed by atoms with E-state index in [9.17, 15) is 19.8 Å². The van der Waals surface area contributed by atoms with E-state index in [1.807, 2.05) is 10.6 Å². The van der Waals surface area contributed by atoms with Gasteiger partial charge >= 0.3 is 0 Å². The Morgan fingerprint density at radius 2 is 2.04 bits per heavy atom. The highest BCUT2D eigenvalue weighted by atomic mass is 16.4. The lowest BCUT2D eigenvalue weighted by Crippen LogP contribution is -2.46. The Hall–Kier alpha value is -2.38. The van der Waals surface area contributed by atoms with Crippen molar-refractivity contribution in [2.75, 3.05) is 13.1 Å². The largest absolute Gasteiger partial charge is 0.502 e. The van der Waals surface area contributed by atoms with Gasteiger partial charge in [-0.25, -0.2) is 0 Å². The molecule has 1 saturated heterocycles. The second kappa shape index (κ2) is 6.16. The molecule has 4 heterocycles. The van der Waals surface area contributed by atoms with Crippen LogP contribution in [0.2, 0.25) is 0 Å². The lowest BCUT2D eigenvalue weighted by molar-refractivity contribution is 0.103. The fraction of sp³-hybridized carbons (Fsp3) is 0.444. The van der Waals surface area contributed by atoms with Crippen LogP contribution >= 0.6 is 0 Å². The van der Waals surface area contributed by atoms with E-state index in [0.717, 1.165) is 31.3 Å². The van der Waals surface area contributed by atoms with Crippen LogP contribution in [0.4, 0.5) is 0 Å². The zero-order chi connectivity index (χ0) is 17.6. The van der Waals surface area contributed by atoms with E-state index in [1.165, 1.54) is 0 Å². The Morgan fingerprint density at radius 1 is 1.20 bits per heavy atom. The van der Waals surface area contributed by atoms with Crippen LogP contribution in [0.25, 0.3) is 0 Å². The Kier molecular flexibility index (Phi) is 3.97. The van der Waals surface area contributed by atoms with E-state index in [2.05, 4.69) is 4.90 Å². The third-order valence-corrected chi connectivity index (χ3v) is 5.12. The molecule has 7 nitrogen and oxygen atoms in total. The highest BCUT2D eigenvalue weighted by Gasteiger charge is 2.35. The number of aromatic nitrogens is 1. The van der Waals surface area contributed by atoms with Crippen LogP contribution in [-0.4, -0.2) is 32.8 Å². The molecule has 2 bridgehead atoms. The normalized spacial score (nSPS) is 22.6. The van der Waals surface area contributed by atoms with Gasteiger partial charge in [-0.3, -0.25) is 14.5 Å². The minimum absolute atomic E-state index is 0.0416. The number of aliphatic hydroxyl groups is 1. The summed E-state index contributed by atoms with van der Waals surface area (Å²) in [5, 5.41) is 19.2. The number of hydrogen-bond donors (Lipinski definition) is 2. The van der Waals surface area contributed by atoms with Crippen LogP contribution in [0, 0.1) is 5.92 Å². The first kappa shape index (κ1) is 16.1. The molecule has 7 heteroatoms. The molecule has 0 aliphatic carbocycles. The maximum absolute atomic E-state index is 12.1. The molecule has 2 aliphatic rings. The highest BCUT2D eigenvalue weighted by Crippen LogP contribution is 2.35. The molecule has 132 valence electrons. The molecule has 2 atom stereocenters. The number of aromatic hydroxyl groups is 1. The number of fused-ring (bicyclic) bond motifs is 4. The summed E-state index contributed by atoms with van der Waals surface area (Å²) in [5.41, 5.74) is 0.544. The fourth-order valence-corrected chi connectivity index (χ4v) is 4.10. The molecule has 4 rings (SSSR count). The minimum atomic E-state index is -0.542. The van der Waals surface area contributed by atoms with E-state index in [0.29, 0.717) is 19.0 Å². The van der Waals surface area contributed by atoms with Crippen LogP contribution in [0.15, 0.2) is 38.3 Å². The summed E-state index contributed by atoms with van der Waals surface area (Å²) in [4.78, 5) is 26.0. The number of nitrogens with zero attached hydrogens (tertiary/aromatic N) is 2. The van der Waals surface area contributed by atoms with Crippen molar-refractivity contribution in [3.63, 3.8) is 0 Å². The Labute approximate surface area is 143 Å². The van der Waals surface area contributed by atoms with Gasteiger partial charge in [0, 0.05) is 43.4 Å². The second-order valence-electron chi connectivity index (χ2n) is 6.90. The monoisotopic (exact) mass is 344 g/mol. The standard InChI is InChI=1S/C18H20N2O5/c21-10-13-5-15(22)18(24)16(25-13)9-19-6-11-4-12(8-19)14-2-1-3-17(23)20(14)7-11/h1-3,5,11-12,21,24H,4,6-10H2/t11-,12-/m0/s1. The van der Waals surface area contributed by atoms with Gasteiger partial charge in [0.1, 0.15) is 12.4 Å². The fourth-order valence-electron chi connectivity index (χ4n) is 4.10. The molecular weight excluding hydrogens is 324 g/mol. The lowest BCUT2D eigenvalue weighted by atomic mass is 9.83. The molecule has 2 aliphatic heterocycles. The molecule has 1 fully saturated rings. The summed E-state index contributed by atoms with van der Waals surface area (Å²) in [6, 6.07) is 6.49. The van der Waals surface area contributed by atoms with Gasteiger partial charge in [-0.2, -0.15) is 0 Å². The van der Waals surface area contributed by atoms with Gasteiger partial charge in [-0.1, -0.05) is 6.07 Å². The first-order valence-electron chi connectivity index (χ1n) is 8.43. The quantitative estimate of drug-likeness (QED) is 0.847. The minimum Gasteiger partial charge on any atom is -0.502 e. The molecule has 25 heavy (non-hydrogen) atoms. The molecule has 0 unspecified atom stereocenters. The highest BCUT2D eigenvalue weighted by molar-refractivity contribution is 5.25. The van der Waals surface area contributed by atoms with Crippen molar-refractivity contribution in [1.29, 1.82) is 0 Å². The Balaban J connectivity index is 1.60. The Bertz CT molecular complexity index is 916. The smallest absolute Gasteiger partial charge is 0.250 e. The lowest BCUT2D eigenvalue weighted by Gasteiger charge is -2.42. The summed E-state index contributed by atoms with van der Waals surface area (Å²) in [6.07, 6.45) is 1.03. The first-order chi connectivity index (χ1) is 12.0. The van der Waals surface area contributed by atoms with Crippen molar-refractivity contribution in [3.8, 4) is 5.75 Å². The van der Waals surface area contributed by atoms with Crippen molar-refractivity contribution >= 4 is 0 Å². The topological polar surface area (TPSA) is 95.9 Å². The van der Waals surface area contributed by atoms with Gasteiger partial charge in [0.25, 0.3) is 5.56 Å². The van der Waals surface area contributed by atoms with Crippen LogP contribution < -0.4 is 11.0 Å². The number of hydrogen-bond acceptors (Lipinski definition) is 6. The van der Waals surface area contributed by atoms with Crippen molar-refractivity contribution < 1.29 is 14.6 Å². The van der Waals surface area contributed by atoms with E-state index >= 15 is 0 Å². The average Bonchev–Trinajstić information content (AvgIpc) is 2.59. The molecule has 0 saturated carbocycles. The molecular formula is C18H20N2O5. The van der Waals surface area contributed by atoms with Crippen LogP contribution in [-0.2, 0) is 19.7 Å². The average molecular weight is 344 g/mol.